The van der Waals surface area contributed by atoms with Crippen molar-refractivity contribution in [2.75, 3.05) is 11.5 Å². The number of hydrogen-bond donors (Lipinski definition) is 4. The van der Waals surface area contributed by atoms with E-state index in [0.29, 0.717) is 5.69 Å². The number of hydrogen-bond acceptors (Lipinski definition) is 5. The Kier molecular flexibility index (Phi) is 6.85. The summed E-state index contributed by atoms with van der Waals surface area (Å²) < 4.78 is 0. The van der Waals surface area contributed by atoms with Gasteiger partial charge in [0.2, 0.25) is 0 Å². The summed E-state index contributed by atoms with van der Waals surface area (Å²) in [6.45, 7) is 0. The molecule has 46 heavy (non-hydrogen) atoms. The Morgan fingerprint density at radius 2 is 1.09 bits per heavy atom. The van der Waals surface area contributed by atoms with Crippen LogP contribution in [0.15, 0.2) is 155 Å². The highest BCUT2D eigenvalue weighted by atomic mass is 33.2. The molecule has 0 aliphatic heterocycles. The fraction of sp³-hybridized carbons (Fsp3) is 0.0500. The monoisotopic (exact) mass is 634 g/mol. The fourth-order valence-corrected chi connectivity index (χ4v) is 13.3. The number of benzene rings is 7. The topological polar surface area (TPSA) is 104 Å². The van der Waals surface area contributed by atoms with Crippen molar-refractivity contribution in [1.82, 2.24) is 0 Å². The Hall–Kier alpha value is -4.72. The number of nitrogens with two attached hydrogens (primary N) is 4. The van der Waals surface area contributed by atoms with Crippen LogP contribution in [0.4, 0.5) is 11.4 Å². The smallest absolute Gasteiger partial charge is 0.102 e. The normalized spacial score (nSPS) is 19.6. The molecule has 226 valence electrons. The summed E-state index contributed by atoms with van der Waals surface area (Å²) in [5, 5.41) is 14.4. The van der Waals surface area contributed by atoms with Gasteiger partial charge in [0, 0.05) is 37.9 Å². The molecule has 0 saturated heterocycles. The van der Waals surface area contributed by atoms with Crippen molar-refractivity contribution < 1.29 is 0 Å². The summed E-state index contributed by atoms with van der Waals surface area (Å²) in [5.41, 5.74) is 26.1. The predicted molar refractivity (Wildman–Crippen MR) is 201 cm³/mol. The quantitative estimate of drug-likeness (QED) is 0.0858. The van der Waals surface area contributed by atoms with Gasteiger partial charge in [-0.3, -0.25) is 5.14 Å². The average Bonchev–Trinajstić information content (AvgIpc) is 3.08. The zero-order chi connectivity index (χ0) is 31.5. The molecule has 0 spiro atoms. The number of rotatable bonds is 5. The molecule has 8 N–H and O–H groups in total. The van der Waals surface area contributed by atoms with Gasteiger partial charge >= 0.3 is 0 Å². The number of anilines is 2. The minimum Gasteiger partial charge on any atom is -0.398 e. The summed E-state index contributed by atoms with van der Waals surface area (Å²) in [7, 11) is -0.756. The van der Waals surface area contributed by atoms with Crippen LogP contribution in [0.1, 0.15) is 22.6 Å². The first-order valence-electron chi connectivity index (χ1n) is 15.3. The maximum atomic E-state index is 8.01. The van der Waals surface area contributed by atoms with Gasteiger partial charge in [-0.05, 0) is 62.5 Å². The van der Waals surface area contributed by atoms with Crippen LogP contribution in [0.2, 0.25) is 0 Å². The second-order valence-electron chi connectivity index (χ2n) is 11.9. The lowest BCUT2D eigenvalue weighted by molar-refractivity contribution is 0.648. The van der Waals surface area contributed by atoms with Gasteiger partial charge in [-0.25, -0.2) is 0 Å². The second kappa shape index (κ2) is 11.0. The highest BCUT2D eigenvalue weighted by molar-refractivity contribution is 8.93. The van der Waals surface area contributed by atoms with Crippen molar-refractivity contribution in [2.24, 2.45) is 10.9 Å². The molecule has 6 heteroatoms. The Balaban J connectivity index is 1.43. The van der Waals surface area contributed by atoms with Crippen LogP contribution in [0.5, 0.6) is 0 Å². The third-order valence-corrected chi connectivity index (χ3v) is 14.8. The van der Waals surface area contributed by atoms with E-state index in [0.717, 1.165) is 64.5 Å². The minimum absolute atomic E-state index is 0.246. The van der Waals surface area contributed by atoms with Crippen molar-refractivity contribution in [3.05, 3.63) is 162 Å². The first-order valence-corrected chi connectivity index (χ1v) is 18.3. The van der Waals surface area contributed by atoms with Gasteiger partial charge in [0.25, 0.3) is 0 Å². The van der Waals surface area contributed by atoms with Crippen LogP contribution >= 0.6 is 20.0 Å². The summed E-state index contributed by atoms with van der Waals surface area (Å²) in [6, 6.07) is 48.1. The Morgan fingerprint density at radius 1 is 0.543 bits per heavy atom. The molecule has 0 radical (unpaired) electrons. The molecule has 7 aromatic rings. The van der Waals surface area contributed by atoms with Gasteiger partial charge in [-0.2, -0.15) is 0 Å². The van der Waals surface area contributed by atoms with Crippen molar-refractivity contribution in [2.45, 2.75) is 20.6 Å². The largest absolute Gasteiger partial charge is 0.398 e. The van der Waals surface area contributed by atoms with E-state index >= 15 is 0 Å². The minimum atomic E-state index is -2.41. The highest BCUT2D eigenvalue weighted by Gasteiger charge is 2.46. The van der Waals surface area contributed by atoms with Crippen molar-refractivity contribution >= 4 is 69.8 Å². The zero-order valence-electron chi connectivity index (χ0n) is 25.1. The highest BCUT2D eigenvalue weighted by Crippen LogP contribution is 2.73. The third-order valence-electron chi connectivity index (χ3n) is 9.14. The van der Waals surface area contributed by atoms with Crippen molar-refractivity contribution in [3.63, 3.8) is 0 Å². The molecule has 3 unspecified atom stereocenters. The Morgan fingerprint density at radius 3 is 1.87 bits per heavy atom. The molecule has 0 heterocycles. The summed E-state index contributed by atoms with van der Waals surface area (Å²) in [4.78, 5) is 1.09. The van der Waals surface area contributed by atoms with Gasteiger partial charge in [-0.1, -0.05) is 147 Å². The first-order chi connectivity index (χ1) is 22.4. The first kappa shape index (κ1) is 28.7. The third kappa shape index (κ3) is 4.49. The summed E-state index contributed by atoms with van der Waals surface area (Å²) in [5.74, 6) is -0.246. The Labute approximate surface area is 273 Å². The van der Waals surface area contributed by atoms with Crippen LogP contribution < -0.4 is 22.3 Å². The molecule has 3 atom stereocenters. The van der Waals surface area contributed by atoms with E-state index in [1.807, 2.05) is 24.3 Å². The van der Waals surface area contributed by atoms with Gasteiger partial charge in [0.05, 0.1) is 0 Å². The van der Waals surface area contributed by atoms with Gasteiger partial charge in [0.15, 0.2) is 0 Å². The molecular formula is C40H34N4S2. The maximum absolute atomic E-state index is 8.01. The lowest BCUT2D eigenvalue weighted by Gasteiger charge is -2.47. The zero-order valence-corrected chi connectivity index (χ0v) is 26.8. The van der Waals surface area contributed by atoms with Gasteiger partial charge < -0.3 is 17.2 Å². The van der Waals surface area contributed by atoms with Crippen molar-refractivity contribution in [1.29, 1.82) is 0 Å². The van der Waals surface area contributed by atoms with Crippen molar-refractivity contribution in [3.8, 4) is 0 Å². The average molecular weight is 635 g/mol. The second-order valence-corrected chi connectivity index (χ2v) is 16.9. The standard InChI is InChI=1S/C40H34N4S2/c41-33-20-6-14-28-13-5-19-32(37(28)33)39-31-18-4-2-11-27(31)24-25-40(39,43)45-46(44,35-22-8-12-26-10-1-3-17-30(26)35)36-23-9-16-29-15-7-21-34(42)38(29)36/h1-25,39H,41-44H2. The van der Waals surface area contributed by atoms with Crippen LogP contribution in [-0.2, 0) is 0 Å². The van der Waals surface area contributed by atoms with Crippen LogP contribution in [0.25, 0.3) is 38.4 Å². The van der Waals surface area contributed by atoms with E-state index in [4.69, 9.17) is 22.3 Å². The van der Waals surface area contributed by atoms with E-state index in [2.05, 4.69) is 127 Å². The van der Waals surface area contributed by atoms with E-state index in [9.17, 15) is 0 Å². The molecule has 1 aliphatic rings. The molecule has 4 nitrogen and oxygen atoms in total. The lowest BCUT2D eigenvalue weighted by Crippen LogP contribution is -2.44. The molecular weight excluding hydrogens is 601 g/mol. The number of fused-ring (bicyclic) bond motifs is 4. The van der Waals surface area contributed by atoms with E-state index in [-0.39, 0.29) is 5.92 Å². The summed E-state index contributed by atoms with van der Waals surface area (Å²) in [6.07, 6.45) is 4.30. The molecule has 0 saturated carbocycles. The molecule has 0 fully saturated rings. The molecule has 0 aromatic heterocycles. The molecule has 8 rings (SSSR count). The predicted octanol–water partition coefficient (Wildman–Crippen LogP) is 9.57. The summed E-state index contributed by atoms with van der Waals surface area (Å²) >= 11 is 0. The Bertz CT molecular complexity index is 2320. The maximum Gasteiger partial charge on any atom is 0.102 e. The fourth-order valence-electron chi connectivity index (χ4n) is 7.10. The number of nitrogen functional groups attached to an aromatic ring is 2. The van der Waals surface area contributed by atoms with Crippen LogP contribution in [0, 0.1) is 0 Å². The van der Waals surface area contributed by atoms with E-state index < -0.39 is 14.1 Å². The molecule has 1 aliphatic carbocycles. The molecule has 0 amide bonds. The van der Waals surface area contributed by atoms with Crippen LogP contribution in [0.3, 0.4) is 0 Å². The van der Waals surface area contributed by atoms with Crippen LogP contribution in [-0.4, -0.2) is 4.87 Å². The van der Waals surface area contributed by atoms with E-state index in [1.165, 1.54) is 0 Å². The van der Waals surface area contributed by atoms with Gasteiger partial charge in [-0.15, -0.1) is 0 Å². The lowest BCUT2D eigenvalue weighted by atomic mass is 9.77. The molecule has 7 aromatic carbocycles. The van der Waals surface area contributed by atoms with Gasteiger partial charge in [0.1, 0.15) is 4.87 Å². The molecule has 0 bridgehead atoms. The van der Waals surface area contributed by atoms with E-state index in [1.54, 1.807) is 10.8 Å². The SMILES string of the molecule is Nc1cccc2cccc(C3c4ccccc4C=CC3(N)SS(N)(c3cccc4ccccc34)c3cccc4cccc(N)c34)c12.